The number of hydrogen-bond donors (Lipinski definition) is 3. The number of benzene rings is 1. The number of fused-ring (bicyclic) bond motifs is 1. The number of esters is 2. The van der Waals surface area contributed by atoms with Crippen LogP contribution in [0.1, 0.15) is 52.9 Å². The van der Waals surface area contributed by atoms with Crippen LogP contribution in [0.2, 0.25) is 0 Å². The predicted molar refractivity (Wildman–Crippen MR) is 142 cm³/mol. The number of nitrogens with two attached hydrogens (primary N) is 1. The molecule has 0 saturated carbocycles. The average Bonchev–Trinajstić information content (AvgIpc) is 2.86. The summed E-state index contributed by atoms with van der Waals surface area (Å²) in [5.74, 6) is -0.455. The molecule has 4 aliphatic rings. The third-order valence-corrected chi connectivity index (χ3v) is 7.02. The van der Waals surface area contributed by atoms with Crippen molar-refractivity contribution in [2.24, 2.45) is 17.6 Å². The van der Waals surface area contributed by atoms with Crippen LogP contribution in [-0.2, 0) is 19.1 Å². The number of nitrogens with one attached hydrogen (secondary N) is 2. The largest absolute Gasteiger partial charge is 0.463 e. The van der Waals surface area contributed by atoms with Crippen molar-refractivity contribution in [2.45, 2.75) is 58.4 Å². The van der Waals surface area contributed by atoms with Crippen molar-refractivity contribution in [3.05, 3.63) is 71.1 Å². The van der Waals surface area contributed by atoms with Crippen LogP contribution in [0.4, 0.5) is 11.4 Å². The van der Waals surface area contributed by atoms with Gasteiger partial charge in [0.25, 0.3) is 0 Å². The van der Waals surface area contributed by atoms with Gasteiger partial charge in [0.2, 0.25) is 0 Å². The third kappa shape index (κ3) is 5.26. The van der Waals surface area contributed by atoms with Crippen LogP contribution in [0.3, 0.4) is 0 Å². The zero-order valence-electron chi connectivity index (χ0n) is 21.4. The Hall–Kier alpha value is -3.32. The standard InChI is InChI=1S/C29H37N3O4/c1-4-8-19-9-7-10-23(24(19)27(33)35-5-2)31-21-11-13-22(14-12-21)32-26-20-15-17-29(30,18-16-20)25(26)28(34)36-6-3/h7,9,11-15,17,19-20,31-32H,4-6,8,10,16,18,30H2,1-3H3. The lowest BCUT2D eigenvalue weighted by molar-refractivity contribution is -0.140. The molecule has 0 aliphatic heterocycles. The fraction of sp³-hybridized carbons (Fsp3) is 0.448. The van der Waals surface area contributed by atoms with Crippen molar-refractivity contribution in [1.29, 1.82) is 0 Å². The van der Waals surface area contributed by atoms with E-state index < -0.39 is 5.54 Å². The van der Waals surface area contributed by atoms with E-state index in [0.29, 0.717) is 30.8 Å². The Morgan fingerprint density at radius 1 is 1.00 bits per heavy atom. The second-order valence-corrected chi connectivity index (χ2v) is 9.52. The van der Waals surface area contributed by atoms with E-state index in [1.807, 2.05) is 37.3 Å². The fourth-order valence-electron chi connectivity index (χ4n) is 5.31. The van der Waals surface area contributed by atoms with E-state index in [-0.39, 0.29) is 23.8 Å². The van der Waals surface area contributed by atoms with Gasteiger partial charge >= 0.3 is 11.9 Å². The number of carbonyl (C=O) groups excluding carboxylic acids is 2. The summed E-state index contributed by atoms with van der Waals surface area (Å²) in [4.78, 5) is 25.5. The molecule has 2 bridgehead atoms. The quantitative estimate of drug-likeness (QED) is 0.305. The Labute approximate surface area is 213 Å². The minimum absolute atomic E-state index is 0.0536. The first-order valence-electron chi connectivity index (χ1n) is 13.0. The molecule has 192 valence electrons. The molecule has 4 aliphatic carbocycles. The first kappa shape index (κ1) is 25.8. The highest BCUT2D eigenvalue weighted by atomic mass is 16.5. The van der Waals surface area contributed by atoms with Gasteiger partial charge in [-0.25, -0.2) is 9.59 Å². The summed E-state index contributed by atoms with van der Waals surface area (Å²) in [6, 6.07) is 7.84. The van der Waals surface area contributed by atoms with E-state index in [1.165, 1.54) is 0 Å². The highest BCUT2D eigenvalue weighted by Crippen LogP contribution is 2.43. The molecule has 1 aromatic rings. The Kier molecular flexibility index (Phi) is 7.99. The Balaban J connectivity index is 1.56. The third-order valence-electron chi connectivity index (χ3n) is 7.02. The van der Waals surface area contributed by atoms with Gasteiger partial charge in [-0.05, 0) is 57.4 Å². The molecule has 0 heterocycles. The summed E-state index contributed by atoms with van der Waals surface area (Å²) in [6.45, 7) is 6.40. The zero-order chi connectivity index (χ0) is 25.7. The van der Waals surface area contributed by atoms with E-state index in [1.54, 1.807) is 6.92 Å². The lowest BCUT2D eigenvalue weighted by atomic mass is 9.69. The van der Waals surface area contributed by atoms with Crippen LogP contribution in [-0.4, -0.2) is 30.7 Å². The summed E-state index contributed by atoms with van der Waals surface area (Å²) < 4.78 is 10.7. The SMILES string of the molecule is CCCC1C=CCC(Nc2ccc(NC3=C(C(=O)OCC)C4(N)C=CC3CC4)cc2)=C1C(=O)OCC. The van der Waals surface area contributed by atoms with Crippen LogP contribution >= 0.6 is 0 Å². The van der Waals surface area contributed by atoms with E-state index in [0.717, 1.165) is 48.5 Å². The van der Waals surface area contributed by atoms with Gasteiger partial charge in [0.05, 0.1) is 29.9 Å². The molecule has 3 unspecified atom stereocenters. The van der Waals surface area contributed by atoms with Crippen molar-refractivity contribution >= 4 is 23.3 Å². The molecule has 0 saturated heterocycles. The van der Waals surface area contributed by atoms with Gasteiger partial charge in [0.15, 0.2) is 0 Å². The average molecular weight is 492 g/mol. The molecule has 0 amide bonds. The number of allylic oxidation sites excluding steroid dienone is 3. The summed E-state index contributed by atoms with van der Waals surface area (Å²) in [5.41, 5.74) is 10.5. The molecule has 3 atom stereocenters. The van der Waals surface area contributed by atoms with Gasteiger partial charge in [0.1, 0.15) is 0 Å². The molecule has 7 nitrogen and oxygen atoms in total. The zero-order valence-corrected chi connectivity index (χ0v) is 21.4. The normalized spacial score (nSPS) is 24.7. The van der Waals surface area contributed by atoms with Gasteiger partial charge in [0, 0.05) is 41.0 Å². The summed E-state index contributed by atoms with van der Waals surface area (Å²) in [5, 5.41) is 6.90. The summed E-state index contributed by atoms with van der Waals surface area (Å²) >= 11 is 0. The molecule has 1 aromatic carbocycles. The smallest absolute Gasteiger partial charge is 0.338 e. The topological polar surface area (TPSA) is 103 Å². The maximum absolute atomic E-state index is 12.8. The number of rotatable bonds is 10. The monoisotopic (exact) mass is 491 g/mol. The van der Waals surface area contributed by atoms with Crippen molar-refractivity contribution < 1.29 is 19.1 Å². The van der Waals surface area contributed by atoms with Crippen LogP contribution in [0.15, 0.2) is 71.1 Å². The van der Waals surface area contributed by atoms with Crippen LogP contribution in [0.25, 0.3) is 0 Å². The minimum atomic E-state index is -0.801. The van der Waals surface area contributed by atoms with Crippen molar-refractivity contribution in [3.63, 3.8) is 0 Å². The van der Waals surface area contributed by atoms with Crippen LogP contribution < -0.4 is 16.4 Å². The molecule has 0 radical (unpaired) electrons. The number of hydrogen-bond acceptors (Lipinski definition) is 7. The molecule has 0 fully saturated rings. The number of ether oxygens (including phenoxy) is 2. The maximum atomic E-state index is 12.8. The number of anilines is 2. The Morgan fingerprint density at radius 2 is 1.67 bits per heavy atom. The summed E-state index contributed by atoms with van der Waals surface area (Å²) in [6.07, 6.45) is 12.4. The van der Waals surface area contributed by atoms with Crippen LogP contribution in [0, 0.1) is 11.8 Å². The molecule has 0 aromatic heterocycles. The molecule has 7 heteroatoms. The van der Waals surface area contributed by atoms with Crippen molar-refractivity contribution in [2.75, 3.05) is 23.8 Å². The molecule has 4 N–H and O–H groups in total. The van der Waals surface area contributed by atoms with Crippen LogP contribution in [0.5, 0.6) is 0 Å². The van der Waals surface area contributed by atoms with E-state index >= 15 is 0 Å². The van der Waals surface area contributed by atoms with Gasteiger partial charge in [-0.15, -0.1) is 0 Å². The molecule has 0 spiro atoms. The molecular weight excluding hydrogens is 454 g/mol. The van der Waals surface area contributed by atoms with E-state index in [2.05, 4.69) is 35.8 Å². The lowest BCUT2D eigenvalue weighted by Crippen LogP contribution is -2.50. The summed E-state index contributed by atoms with van der Waals surface area (Å²) in [7, 11) is 0. The van der Waals surface area contributed by atoms with Crippen molar-refractivity contribution in [1.82, 2.24) is 0 Å². The van der Waals surface area contributed by atoms with E-state index in [4.69, 9.17) is 15.2 Å². The Bertz CT molecular complexity index is 1120. The fourth-order valence-corrected chi connectivity index (χ4v) is 5.31. The Morgan fingerprint density at radius 3 is 2.28 bits per heavy atom. The van der Waals surface area contributed by atoms with Gasteiger partial charge < -0.3 is 25.8 Å². The maximum Gasteiger partial charge on any atom is 0.338 e. The molecule has 36 heavy (non-hydrogen) atoms. The highest BCUT2D eigenvalue weighted by Gasteiger charge is 2.44. The minimum Gasteiger partial charge on any atom is -0.463 e. The van der Waals surface area contributed by atoms with E-state index in [9.17, 15) is 9.59 Å². The van der Waals surface area contributed by atoms with Gasteiger partial charge in [-0.2, -0.15) is 0 Å². The number of carbonyl (C=O) groups is 2. The molecular formula is C29H37N3O4. The van der Waals surface area contributed by atoms with Gasteiger partial charge in [-0.1, -0.05) is 37.6 Å². The first-order valence-corrected chi connectivity index (χ1v) is 13.0. The predicted octanol–water partition coefficient (Wildman–Crippen LogP) is 5.20. The first-order chi connectivity index (χ1) is 17.4. The second-order valence-electron chi connectivity index (χ2n) is 9.52. The second kappa shape index (κ2) is 11.2. The van der Waals surface area contributed by atoms with Gasteiger partial charge in [-0.3, -0.25) is 0 Å². The molecule has 5 rings (SSSR count). The highest BCUT2D eigenvalue weighted by molar-refractivity contribution is 5.94. The lowest BCUT2D eigenvalue weighted by Gasteiger charge is -2.42. The van der Waals surface area contributed by atoms with Crippen molar-refractivity contribution in [3.8, 4) is 0 Å².